The number of nitrogens with zero attached hydrogens (tertiary/aromatic N) is 3. The van der Waals surface area contributed by atoms with E-state index in [-0.39, 0.29) is 5.82 Å². The van der Waals surface area contributed by atoms with Gasteiger partial charge in [0.05, 0.1) is 29.1 Å². The molecule has 3 aromatic rings. The topological polar surface area (TPSA) is 50.3 Å². The van der Waals surface area contributed by atoms with Crippen LogP contribution in [0.25, 0.3) is 10.2 Å². The molecule has 0 bridgehead atoms. The molecule has 0 unspecified atom stereocenters. The Morgan fingerprint density at radius 3 is 2.87 bits per heavy atom. The second-order valence-electron chi connectivity index (χ2n) is 5.25. The van der Waals surface area contributed by atoms with E-state index in [2.05, 4.69) is 15.3 Å². The van der Waals surface area contributed by atoms with Crippen molar-refractivity contribution < 1.29 is 9.13 Å². The third kappa shape index (κ3) is 2.85. The summed E-state index contributed by atoms with van der Waals surface area (Å²) in [5, 5.41) is 5.15. The maximum atomic E-state index is 14.4. The molecule has 1 aliphatic rings. The van der Waals surface area contributed by atoms with E-state index in [0.29, 0.717) is 43.5 Å². The van der Waals surface area contributed by atoms with Crippen molar-refractivity contribution in [3.05, 3.63) is 41.8 Å². The number of morpholine rings is 1. The number of aromatic nitrogens is 2. The molecule has 5 nitrogen and oxygen atoms in total. The molecule has 0 spiro atoms. The van der Waals surface area contributed by atoms with Crippen molar-refractivity contribution in [2.75, 3.05) is 36.5 Å². The van der Waals surface area contributed by atoms with Gasteiger partial charge in [-0.05, 0) is 29.6 Å². The first-order valence-corrected chi connectivity index (χ1v) is 8.27. The number of nitrogens with one attached hydrogen (secondary N) is 1. The monoisotopic (exact) mass is 330 g/mol. The van der Waals surface area contributed by atoms with E-state index in [1.807, 2.05) is 22.4 Å². The average Bonchev–Trinajstić information content (AvgIpc) is 3.06. The number of fused-ring (bicyclic) bond motifs is 1. The Kier molecular flexibility index (Phi) is 3.80. The summed E-state index contributed by atoms with van der Waals surface area (Å²) in [7, 11) is 0. The van der Waals surface area contributed by atoms with Crippen LogP contribution in [-0.4, -0.2) is 36.3 Å². The fourth-order valence-electron chi connectivity index (χ4n) is 2.66. The summed E-state index contributed by atoms with van der Waals surface area (Å²) in [6.45, 7) is 2.70. The molecule has 4 rings (SSSR count). The average molecular weight is 330 g/mol. The lowest BCUT2D eigenvalue weighted by Crippen LogP contribution is -2.36. The van der Waals surface area contributed by atoms with Crippen molar-refractivity contribution in [3.8, 4) is 0 Å². The van der Waals surface area contributed by atoms with Gasteiger partial charge < -0.3 is 15.0 Å². The second kappa shape index (κ2) is 6.10. The standard InChI is InChI=1S/C16H15FN4OS/c17-12-9-11(1-2-14(12)21-4-6-22-7-5-21)20-16-15-13(3-8-23-15)18-10-19-16/h1-3,8-10H,4-7H2,(H,18,19,20). The van der Waals surface area contributed by atoms with Gasteiger partial charge in [0, 0.05) is 18.8 Å². The van der Waals surface area contributed by atoms with Crippen molar-refractivity contribution in [1.82, 2.24) is 9.97 Å². The highest BCUT2D eigenvalue weighted by atomic mass is 32.1. The Hall–Kier alpha value is -2.25. The highest BCUT2D eigenvalue weighted by molar-refractivity contribution is 7.17. The van der Waals surface area contributed by atoms with Crippen molar-refractivity contribution in [2.24, 2.45) is 0 Å². The van der Waals surface area contributed by atoms with Crippen LogP contribution in [-0.2, 0) is 4.74 Å². The van der Waals surface area contributed by atoms with Crippen LogP contribution in [0.5, 0.6) is 0 Å². The van der Waals surface area contributed by atoms with Gasteiger partial charge in [-0.1, -0.05) is 0 Å². The normalized spacial score (nSPS) is 15.1. The lowest BCUT2D eigenvalue weighted by Gasteiger charge is -2.29. The molecule has 1 aromatic carbocycles. The first-order valence-electron chi connectivity index (χ1n) is 7.39. The predicted molar refractivity (Wildman–Crippen MR) is 90.1 cm³/mol. The van der Waals surface area contributed by atoms with Gasteiger partial charge in [-0.2, -0.15) is 0 Å². The van der Waals surface area contributed by atoms with Crippen LogP contribution in [0, 0.1) is 5.82 Å². The van der Waals surface area contributed by atoms with Crippen LogP contribution in [0.2, 0.25) is 0 Å². The van der Waals surface area contributed by atoms with Crippen molar-refractivity contribution in [3.63, 3.8) is 0 Å². The first-order chi connectivity index (χ1) is 11.3. The van der Waals surface area contributed by atoms with Gasteiger partial charge in [0.1, 0.15) is 12.1 Å². The van der Waals surface area contributed by atoms with E-state index in [4.69, 9.17) is 4.74 Å². The minimum absolute atomic E-state index is 0.242. The molecule has 0 radical (unpaired) electrons. The molecular formula is C16H15FN4OS. The van der Waals surface area contributed by atoms with E-state index in [9.17, 15) is 4.39 Å². The maximum absolute atomic E-state index is 14.4. The zero-order valence-corrected chi connectivity index (χ0v) is 13.1. The van der Waals surface area contributed by atoms with Gasteiger partial charge in [-0.15, -0.1) is 11.3 Å². The number of thiophene rings is 1. The molecular weight excluding hydrogens is 315 g/mol. The van der Waals surface area contributed by atoms with Crippen molar-refractivity contribution in [2.45, 2.75) is 0 Å². The lowest BCUT2D eigenvalue weighted by molar-refractivity contribution is 0.122. The molecule has 1 fully saturated rings. The molecule has 1 aliphatic heterocycles. The second-order valence-corrected chi connectivity index (χ2v) is 6.16. The number of hydrogen-bond donors (Lipinski definition) is 1. The van der Waals surface area contributed by atoms with Crippen LogP contribution in [0.3, 0.4) is 0 Å². The fourth-order valence-corrected chi connectivity index (χ4v) is 3.45. The predicted octanol–water partition coefficient (Wildman–Crippen LogP) is 3.41. The van der Waals surface area contributed by atoms with Crippen molar-refractivity contribution in [1.29, 1.82) is 0 Å². The van der Waals surface area contributed by atoms with E-state index < -0.39 is 0 Å². The van der Waals surface area contributed by atoms with Gasteiger partial charge in [0.15, 0.2) is 5.82 Å². The van der Waals surface area contributed by atoms with E-state index in [0.717, 1.165) is 10.2 Å². The summed E-state index contributed by atoms with van der Waals surface area (Å²) in [5.74, 6) is 0.455. The van der Waals surface area contributed by atoms with E-state index >= 15 is 0 Å². The van der Waals surface area contributed by atoms with Crippen LogP contribution in [0.4, 0.5) is 21.6 Å². The Bertz CT molecular complexity index is 832. The van der Waals surface area contributed by atoms with Gasteiger partial charge >= 0.3 is 0 Å². The third-order valence-electron chi connectivity index (χ3n) is 3.81. The molecule has 7 heteroatoms. The van der Waals surface area contributed by atoms with Crippen molar-refractivity contribution >= 4 is 38.7 Å². The summed E-state index contributed by atoms with van der Waals surface area (Å²) < 4.78 is 20.7. The molecule has 0 aliphatic carbocycles. The number of anilines is 3. The number of ether oxygens (including phenoxy) is 1. The zero-order chi connectivity index (χ0) is 15.6. The minimum atomic E-state index is -0.242. The molecule has 0 amide bonds. The highest BCUT2D eigenvalue weighted by Gasteiger charge is 2.15. The SMILES string of the molecule is Fc1cc(Nc2ncnc3ccsc23)ccc1N1CCOCC1. The molecule has 3 heterocycles. The molecule has 1 N–H and O–H groups in total. The number of halogens is 1. The van der Waals surface area contributed by atoms with Crippen LogP contribution >= 0.6 is 11.3 Å². The first kappa shape index (κ1) is 14.3. The summed E-state index contributed by atoms with van der Waals surface area (Å²) in [5.41, 5.74) is 2.17. The van der Waals surface area contributed by atoms with Gasteiger partial charge in [0.2, 0.25) is 0 Å². The minimum Gasteiger partial charge on any atom is -0.378 e. The number of rotatable bonds is 3. The largest absolute Gasteiger partial charge is 0.378 e. The Morgan fingerprint density at radius 1 is 1.17 bits per heavy atom. The maximum Gasteiger partial charge on any atom is 0.151 e. The Morgan fingerprint density at radius 2 is 2.04 bits per heavy atom. The molecule has 0 saturated carbocycles. The number of hydrogen-bond acceptors (Lipinski definition) is 6. The summed E-state index contributed by atoms with van der Waals surface area (Å²) in [6, 6.07) is 7.12. The van der Waals surface area contributed by atoms with Gasteiger partial charge in [-0.3, -0.25) is 0 Å². The van der Waals surface area contributed by atoms with Crippen LogP contribution in [0.15, 0.2) is 36.0 Å². The van der Waals surface area contributed by atoms with Crippen LogP contribution in [0.1, 0.15) is 0 Å². The van der Waals surface area contributed by atoms with E-state index in [1.165, 1.54) is 12.4 Å². The van der Waals surface area contributed by atoms with Crippen LogP contribution < -0.4 is 10.2 Å². The number of benzene rings is 1. The molecule has 2 aromatic heterocycles. The Balaban J connectivity index is 1.60. The molecule has 118 valence electrons. The third-order valence-corrected chi connectivity index (χ3v) is 4.72. The molecule has 23 heavy (non-hydrogen) atoms. The highest BCUT2D eigenvalue weighted by Crippen LogP contribution is 2.29. The van der Waals surface area contributed by atoms with Gasteiger partial charge in [-0.25, -0.2) is 14.4 Å². The fraction of sp³-hybridized carbons (Fsp3) is 0.250. The lowest BCUT2D eigenvalue weighted by atomic mass is 10.2. The molecule has 1 saturated heterocycles. The smallest absolute Gasteiger partial charge is 0.151 e. The Labute approximate surface area is 136 Å². The molecule has 0 atom stereocenters. The summed E-state index contributed by atoms with van der Waals surface area (Å²) in [6.07, 6.45) is 1.51. The summed E-state index contributed by atoms with van der Waals surface area (Å²) >= 11 is 1.56. The van der Waals surface area contributed by atoms with Gasteiger partial charge in [0.25, 0.3) is 0 Å². The summed E-state index contributed by atoms with van der Waals surface area (Å²) in [4.78, 5) is 10.5. The quantitative estimate of drug-likeness (QED) is 0.797. The van der Waals surface area contributed by atoms with E-state index in [1.54, 1.807) is 17.4 Å². The zero-order valence-electron chi connectivity index (χ0n) is 12.3.